The summed E-state index contributed by atoms with van der Waals surface area (Å²) in [5.74, 6) is 0.705. The first-order chi connectivity index (χ1) is 10.2. The lowest BCUT2D eigenvalue weighted by Crippen LogP contribution is -2.47. The van der Waals surface area contributed by atoms with Crippen molar-refractivity contribution in [3.8, 4) is 0 Å². The summed E-state index contributed by atoms with van der Waals surface area (Å²) in [6.45, 7) is 0. The average molecular weight is 291 g/mol. The van der Waals surface area contributed by atoms with Crippen LogP contribution in [0.2, 0.25) is 0 Å². The van der Waals surface area contributed by atoms with Gasteiger partial charge in [-0.2, -0.15) is 9.97 Å². The fourth-order valence-electron chi connectivity index (χ4n) is 3.85. The molecule has 2 fully saturated rings. The summed E-state index contributed by atoms with van der Waals surface area (Å²) >= 11 is 0. The third kappa shape index (κ3) is 3.36. The smallest absolute Gasteiger partial charge is 0.350 e. The Morgan fingerprint density at radius 1 is 0.905 bits per heavy atom. The molecule has 0 radical (unpaired) electrons. The van der Waals surface area contributed by atoms with Crippen LogP contribution in [0.3, 0.4) is 0 Å². The van der Waals surface area contributed by atoms with Crippen molar-refractivity contribution < 1.29 is 0 Å². The summed E-state index contributed by atoms with van der Waals surface area (Å²) in [6.07, 6.45) is 12.3. The van der Waals surface area contributed by atoms with Gasteiger partial charge >= 0.3 is 5.69 Å². The fraction of sp³-hybridized carbons (Fsp3) is 0.800. The lowest BCUT2D eigenvalue weighted by molar-refractivity contribution is 0.335. The molecule has 3 rings (SSSR count). The highest BCUT2D eigenvalue weighted by atomic mass is 16.1. The summed E-state index contributed by atoms with van der Waals surface area (Å²) in [6, 6.07) is 0.922. The van der Waals surface area contributed by atoms with E-state index < -0.39 is 5.69 Å². The van der Waals surface area contributed by atoms with Gasteiger partial charge in [0, 0.05) is 12.1 Å². The molecule has 0 saturated heterocycles. The van der Waals surface area contributed by atoms with E-state index in [2.05, 4.69) is 19.9 Å². The molecule has 0 amide bonds. The van der Waals surface area contributed by atoms with Crippen molar-refractivity contribution in [3.63, 3.8) is 0 Å². The number of aromatic amines is 1. The van der Waals surface area contributed by atoms with Crippen LogP contribution in [0.15, 0.2) is 4.79 Å². The summed E-state index contributed by atoms with van der Waals surface area (Å²) < 4.78 is 0. The molecular weight excluding hydrogens is 266 g/mol. The minimum Gasteiger partial charge on any atom is -0.369 e. The van der Waals surface area contributed by atoms with E-state index >= 15 is 0 Å². The van der Waals surface area contributed by atoms with E-state index in [0.29, 0.717) is 18.0 Å². The zero-order valence-electron chi connectivity index (χ0n) is 12.6. The zero-order chi connectivity index (χ0) is 14.7. The molecule has 2 aliphatic carbocycles. The van der Waals surface area contributed by atoms with Gasteiger partial charge in [-0.25, -0.2) is 4.79 Å². The Labute approximate surface area is 125 Å². The van der Waals surface area contributed by atoms with Crippen LogP contribution in [-0.2, 0) is 0 Å². The highest BCUT2D eigenvalue weighted by molar-refractivity contribution is 5.36. The summed E-state index contributed by atoms with van der Waals surface area (Å²) in [4.78, 5) is 24.9. The van der Waals surface area contributed by atoms with E-state index in [-0.39, 0.29) is 5.95 Å². The van der Waals surface area contributed by atoms with Gasteiger partial charge in [0.05, 0.1) is 0 Å². The molecule has 1 heterocycles. The Morgan fingerprint density at radius 3 is 1.90 bits per heavy atom. The molecule has 1 aromatic rings. The Balaban J connectivity index is 1.91. The number of nitrogens with one attached hydrogen (secondary N) is 1. The maximum atomic E-state index is 11.7. The third-order valence-electron chi connectivity index (χ3n) is 4.82. The Bertz CT molecular complexity index is 499. The van der Waals surface area contributed by atoms with Gasteiger partial charge in [-0.15, -0.1) is 0 Å². The van der Waals surface area contributed by atoms with E-state index in [9.17, 15) is 4.79 Å². The lowest BCUT2D eigenvalue weighted by Gasteiger charge is -2.41. The SMILES string of the molecule is Nc1nc(N(C2CCCCC2)C2CCCCC2)nc(=O)[nH]1. The van der Waals surface area contributed by atoms with Crippen molar-refractivity contribution >= 4 is 11.9 Å². The predicted octanol–water partition coefficient (Wildman–Crippen LogP) is 2.22. The predicted molar refractivity (Wildman–Crippen MR) is 83.3 cm³/mol. The van der Waals surface area contributed by atoms with Crippen molar-refractivity contribution in [1.82, 2.24) is 15.0 Å². The summed E-state index contributed by atoms with van der Waals surface area (Å²) in [7, 11) is 0. The van der Waals surface area contributed by atoms with E-state index in [1.165, 1.54) is 64.2 Å². The van der Waals surface area contributed by atoms with Gasteiger partial charge in [-0.05, 0) is 25.7 Å². The molecule has 0 spiro atoms. The van der Waals surface area contributed by atoms with Crippen molar-refractivity contribution in [2.24, 2.45) is 0 Å². The highest BCUT2D eigenvalue weighted by Gasteiger charge is 2.31. The largest absolute Gasteiger partial charge is 0.369 e. The summed E-state index contributed by atoms with van der Waals surface area (Å²) in [5, 5.41) is 0. The van der Waals surface area contributed by atoms with Crippen LogP contribution in [0, 0.1) is 0 Å². The van der Waals surface area contributed by atoms with Crippen LogP contribution >= 0.6 is 0 Å². The first-order valence-electron chi connectivity index (χ1n) is 8.26. The number of aromatic nitrogens is 3. The van der Waals surface area contributed by atoms with Gasteiger partial charge < -0.3 is 10.6 Å². The van der Waals surface area contributed by atoms with Crippen LogP contribution in [0.1, 0.15) is 64.2 Å². The average Bonchev–Trinajstić information content (AvgIpc) is 2.49. The molecule has 2 aliphatic rings. The summed E-state index contributed by atoms with van der Waals surface area (Å²) in [5.41, 5.74) is 5.33. The lowest BCUT2D eigenvalue weighted by atomic mass is 9.89. The molecule has 6 heteroatoms. The molecule has 6 nitrogen and oxygen atoms in total. The third-order valence-corrected chi connectivity index (χ3v) is 4.82. The van der Waals surface area contributed by atoms with Crippen LogP contribution < -0.4 is 16.3 Å². The van der Waals surface area contributed by atoms with Gasteiger partial charge in [0.25, 0.3) is 0 Å². The number of anilines is 2. The van der Waals surface area contributed by atoms with E-state index in [4.69, 9.17) is 5.73 Å². The molecule has 0 atom stereocenters. The van der Waals surface area contributed by atoms with Gasteiger partial charge in [0.15, 0.2) is 0 Å². The number of nitrogen functional groups attached to an aromatic ring is 1. The molecule has 0 aliphatic heterocycles. The second-order valence-electron chi connectivity index (χ2n) is 6.33. The van der Waals surface area contributed by atoms with E-state index in [1.54, 1.807) is 0 Å². The molecular formula is C15H25N5O. The first-order valence-corrected chi connectivity index (χ1v) is 8.26. The molecule has 21 heavy (non-hydrogen) atoms. The standard InChI is InChI=1S/C15H25N5O/c16-13-17-14(19-15(21)18-13)20(11-7-3-1-4-8-11)12-9-5-2-6-10-12/h11-12H,1-10H2,(H3,16,17,18,19,21). The molecule has 2 saturated carbocycles. The number of H-pyrrole nitrogens is 1. The van der Waals surface area contributed by atoms with Gasteiger partial charge in [0.2, 0.25) is 11.9 Å². The van der Waals surface area contributed by atoms with Crippen LogP contribution in [0.5, 0.6) is 0 Å². The van der Waals surface area contributed by atoms with Gasteiger partial charge in [-0.1, -0.05) is 38.5 Å². The maximum Gasteiger partial charge on any atom is 0.350 e. The normalized spacial score (nSPS) is 21.3. The molecule has 0 bridgehead atoms. The second-order valence-corrected chi connectivity index (χ2v) is 6.33. The number of nitrogens with zero attached hydrogens (tertiary/aromatic N) is 3. The van der Waals surface area contributed by atoms with E-state index in [0.717, 1.165) is 0 Å². The highest BCUT2D eigenvalue weighted by Crippen LogP contribution is 2.32. The van der Waals surface area contributed by atoms with E-state index in [1.807, 2.05) is 0 Å². The van der Waals surface area contributed by atoms with Crippen LogP contribution in [0.4, 0.5) is 11.9 Å². The van der Waals surface area contributed by atoms with Gasteiger partial charge in [0.1, 0.15) is 0 Å². The monoisotopic (exact) mass is 291 g/mol. The molecule has 0 aromatic carbocycles. The number of hydrogen-bond acceptors (Lipinski definition) is 5. The molecule has 3 N–H and O–H groups in total. The molecule has 0 unspecified atom stereocenters. The Kier molecular flexibility index (Phi) is 4.41. The van der Waals surface area contributed by atoms with Crippen molar-refractivity contribution in [2.45, 2.75) is 76.3 Å². The second kappa shape index (κ2) is 6.45. The topological polar surface area (TPSA) is 87.9 Å². The molecule has 116 valence electrons. The fourth-order valence-corrected chi connectivity index (χ4v) is 3.85. The Morgan fingerprint density at radius 2 is 1.43 bits per heavy atom. The minimum atomic E-state index is -0.394. The van der Waals surface area contributed by atoms with Crippen molar-refractivity contribution in [2.75, 3.05) is 10.6 Å². The van der Waals surface area contributed by atoms with Crippen LogP contribution in [0.25, 0.3) is 0 Å². The van der Waals surface area contributed by atoms with Crippen LogP contribution in [-0.4, -0.2) is 27.0 Å². The molecule has 1 aromatic heterocycles. The van der Waals surface area contributed by atoms with Crippen molar-refractivity contribution in [1.29, 1.82) is 0 Å². The number of hydrogen-bond donors (Lipinski definition) is 2. The number of rotatable bonds is 3. The van der Waals surface area contributed by atoms with Gasteiger partial charge in [-0.3, -0.25) is 4.98 Å². The van der Waals surface area contributed by atoms with Crippen molar-refractivity contribution in [3.05, 3.63) is 10.5 Å². The maximum absolute atomic E-state index is 11.7. The first kappa shape index (κ1) is 14.4. The minimum absolute atomic E-state index is 0.168. The number of nitrogens with two attached hydrogens (primary N) is 1. The quantitative estimate of drug-likeness (QED) is 0.891. The zero-order valence-corrected chi connectivity index (χ0v) is 12.6. The Hall–Kier alpha value is -1.59.